The summed E-state index contributed by atoms with van der Waals surface area (Å²) in [5.74, 6) is 1.44. The van der Waals surface area contributed by atoms with Crippen molar-refractivity contribution < 1.29 is 9.47 Å². The second-order valence-electron chi connectivity index (χ2n) is 10.5. The summed E-state index contributed by atoms with van der Waals surface area (Å²) in [6.07, 6.45) is 3.63. The quantitative estimate of drug-likeness (QED) is 0.200. The molecule has 0 amide bonds. The summed E-state index contributed by atoms with van der Waals surface area (Å²) < 4.78 is 14.3. The van der Waals surface area contributed by atoms with Gasteiger partial charge in [0.1, 0.15) is 18.1 Å². The van der Waals surface area contributed by atoms with E-state index in [4.69, 9.17) is 37.7 Å². The van der Waals surface area contributed by atoms with Gasteiger partial charge >= 0.3 is 0 Å². The molecule has 0 unspecified atom stereocenters. The number of rotatable bonds is 6. The zero-order chi connectivity index (χ0) is 29.5. The van der Waals surface area contributed by atoms with Crippen LogP contribution in [0.5, 0.6) is 11.5 Å². The van der Waals surface area contributed by atoms with Gasteiger partial charge in [-0.05, 0) is 71.5 Å². The minimum atomic E-state index is -0.307. The van der Waals surface area contributed by atoms with Gasteiger partial charge < -0.3 is 9.47 Å². The number of allylic oxidation sites excluding steroid dienone is 1. The Balaban J connectivity index is 1.31. The number of hydrogen-bond donors (Lipinski definition) is 0. The molecule has 5 aromatic rings. The van der Waals surface area contributed by atoms with E-state index >= 15 is 0 Å². The molecule has 5 nitrogen and oxygen atoms in total. The molecule has 43 heavy (non-hydrogen) atoms. The molecule has 0 bridgehead atoms. The maximum absolute atomic E-state index is 14.1. The molecule has 0 N–H and O–H groups in total. The third-order valence-corrected chi connectivity index (χ3v) is 9.57. The van der Waals surface area contributed by atoms with Gasteiger partial charge in [-0.1, -0.05) is 95.2 Å². The van der Waals surface area contributed by atoms with Crippen molar-refractivity contribution in [1.82, 2.24) is 4.57 Å². The van der Waals surface area contributed by atoms with E-state index in [1.54, 1.807) is 19.2 Å². The van der Waals surface area contributed by atoms with Crippen molar-refractivity contribution in [3.63, 3.8) is 0 Å². The van der Waals surface area contributed by atoms with E-state index in [9.17, 15) is 4.79 Å². The number of para-hydroxylation sites is 1. The van der Waals surface area contributed by atoms with E-state index in [2.05, 4.69) is 18.2 Å². The van der Waals surface area contributed by atoms with Crippen molar-refractivity contribution in [1.29, 1.82) is 0 Å². The smallest absolute Gasteiger partial charge is 0.271 e. The molecular formula is C35H26Cl2N2O3S. The van der Waals surface area contributed by atoms with Crippen LogP contribution in [-0.2, 0) is 13.0 Å². The van der Waals surface area contributed by atoms with E-state index in [1.165, 1.54) is 16.9 Å². The van der Waals surface area contributed by atoms with E-state index in [-0.39, 0.29) is 11.6 Å². The highest BCUT2D eigenvalue weighted by molar-refractivity contribution is 7.07. The molecule has 0 saturated heterocycles. The Morgan fingerprint density at radius 3 is 2.65 bits per heavy atom. The van der Waals surface area contributed by atoms with Gasteiger partial charge in [-0.15, -0.1) is 0 Å². The normalized spacial score (nSPS) is 15.8. The highest BCUT2D eigenvalue weighted by Gasteiger charge is 2.33. The van der Waals surface area contributed by atoms with Gasteiger partial charge in [0, 0.05) is 11.1 Å². The van der Waals surface area contributed by atoms with Gasteiger partial charge in [-0.2, -0.15) is 0 Å². The van der Waals surface area contributed by atoms with Crippen LogP contribution in [0.25, 0.3) is 11.8 Å². The molecule has 0 spiro atoms. The number of halogens is 2. The lowest BCUT2D eigenvalue weighted by atomic mass is 9.83. The molecule has 214 valence electrons. The number of nitrogens with zero attached hydrogens (tertiary/aromatic N) is 2. The lowest BCUT2D eigenvalue weighted by Gasteiger charge is -2.31. The first-order valence-corrected chi connectivity index (χ1v) is 15.5. The van der Waals surface area contributed by atoms with Crippen molar-refractivity contribution in [2.45, 2.75) is 25.5 Å². The zero-order valence-corrected chi connectivity index (χ0v) is 25.5. The predicted molar refractivity (Wildman–Crippen MR) is 173 cm³/mol. The Morgan fingerprint density at radius 1 is 0.953 bits per heavy atom. The van der Waals surface area contributed by atoms with Crippen LogP contribution in [0.3, 0.4) is 0 Å². The van der Waals surface area contributed by atoms with Crippen molar-refractivity contribution in [3.8, 4) is 11.5 Å². The van der Waals surface area contributed by atoms with E-state index in [0.29, 0.717) is 31.7 Å². The summed E-state index contributed by atoms with van der Waals surface area (Å²) in [5, 5.41) is 0.996. The number of fused-ring (bicyclic) bond motifs is 3. The molecular weight excluding hydrogens is 599 g/mol. The molecule has 2 aliphatic rings. The van der Waals surface area contributed by atoms with E-state index < -0.39 is 0 Å². The highest BCUT2D eigenvalue weighted by atomic mass is 35.5. The fourth-order valence-electron chi connectivity index (χ4n) is 5.83. The monoisotopic (exact) mass is 624 g/mol. The number of aryl methyl sites for hydroxylation is 1. The minimum absolute atomic E-state index is 0.0767. The number of ether oxygens (including phenoxy) is 2. The molecule has 1 aromatic heterocycles. The number of hydrogen-bond acceptors (Lipinski definition) is 5. The fraction of sp³-hybridized carbons (Fsp3) is 0.143. The predicted octanol–water partition coefficient (Wildman–Crippen LogP) is 7.21. The maximum Gasteiger partial charge on any atom is 0.271 e. The Bertz CT molecular complexity index is 2100. The Kier molecular flexibility index (Phi) is 7.43. The fourth-order valence-corrected chi connectivity index (χ4v) is 7.15. The lowest BCUT2D eigenvalue weighted by Crippen LogP contribution is -2.39. The molecule has 4 aromatic carbocycles. The summed E-state index contributed by atoms with van der Waals surface area (Å²) in [6, 6.07) is 29.2. The van der Waals surface area contributed by atoms with Crippen LogP contribution < -0.4 is 24.4 Å². The van der Waals surface area contributed by atoms with E-state index in [0.717, 1.165) is 52.1 Å². The van der Waals surface area contributed by atoms with Crippen LogP contribution in [0.1, 0.15) is 40.3 Å². The molecule has 0 saturated carbocycles. The molecule has 1 aliphatic carbocycles. The van der Waals surface area contributed by atoms with Crippen molar-refractivity contribution in [2.75, 3.05) is 7.11 Å². The molecule has 8 heteroatoms. The Hall–Kier alpha value is -4.10. The molecule has 7 rings (SSSR count). The summed E-state index contributed by atoms with van der Waals surface area (Å²) in [7, 11) is 1.67. The van der Waals surface area contributed by atoms with Gasteiger partial charge in [-0.25, -0.2) is 4.99 Å². The first-order valence-electron chi connectivity index (χ1n) is 13.9. The largest absolute Gasteiger partial charge is 0.496 e. The topological polar surface area (TPSA) is 52.8 Å². The number of methoxy groups -OCH3 is 1. The standard InChI is InChI=1S/C35H26Cl2N2O3S/c1-41-30-12-5-4-11-26(30)33-27-15-14-23-8-2-3-10-25(23)32(27)38-35-39(33)34(40)31(43-35)19-21-7-6-9-24(17-21)42-20-22-13-16-28(36)29(37)18-22/h2-13,16-19,33H,14-15,20H2,1H3/b31-19-/t33-/m0/s1. The summed E-state index contributed by atoms with van der Waals surface area (Å²) in [4.78, 5) is 19.9. The SMILES string of the molecule is COc1ccccc1[C@H]1C2=C(N=c3s/c(=C\c4cccc(OCc5ccc(Cl)c(Cl)c5)c4)c(=O)n31)c1ccccc1CC2. The van der Waals surface area contributed by atoms with Crippen LogP contribution in [0, 0.1) is 0 Å². The van der Waals surface area contributed by atoms with Crippen LogP contribution in [-0.4, -0.2) is 11.7 Å². The third kappa shape index (κ3) is 5.20. The van der Waals surface area contributed by atoms with Gasteiger partial charge in [0.05, 0.1) is 33.4 Å². The van der Waals surface area contributed by atoms with Crippen LogP contribution in [0.15, 0.2) is 106 Å². The summed E-state index contributed by atoms with van der Waals surface area (Å²) in [6.45, 7) is 0.342. The van der Waals surface area contributed by atoms with Crippen LogP contribution in [0.4, 0.5) is 0 Å². The third-order valence-electron chi connectivity index (χ3n) is 7.85. The average Bonchev–Trinajstić information content (AvgIpc) is 3.34. The second kappa shape index (κ2) is 11.5. The number of aromatic nitrogens is 1. The first kappa shape index (κ1) is 27.7. The van der Waals surface area contributed by atoms with Crippen molar-refractivity contribution in [3.05, 3.63) is 154 Å². The molecule has 0 radical (unpaired) electrons. The summed E-state index contributed by atoms with van der Waals surface area (Å²) in [5.41, 5.74) is 7.16. The number of thiazole rings is 1. The summed E-state index contributed by atoms with van der Waals surface area (Å²) >= 11 is 13.6. The van der Waals surface area contributed by atoms with Gasteiger partial charge in [-0.3, -0.25) is 9.36 Å². The molecule has 0 fully saturated rings. The molecule has 2 heterocycles. The lowest BCUT2D eigenvalue weighted by molar-refractivity contribution is 0.306. The van der Waals surface area contributed by atoms with Crippen molar-refractivity contribution >= 4 is 46.3 Å². The molecule has 1 atom stereocenters. The van der Waals surface area contributed by atoms with Gasteiger partial charge in [0.25, 0.3) is 5.56 Å². The minimum Gasteiger partial charge on any atom is -0.496 e. The highest BCUT2D eigenvalue weighted by Crippen LogP contribution is 2.43. The van der Waals surface area contributed by atoms with Crippen LogP contribution in [0.2, 0.25) is 10.0 Å². The van der Waals surface area contributed by atoms with Crippen LogP contribution >= 0.6 is 34.5 Å². The first-order chi connectivity index (χ1) is 21.0. The second-order valence-corrected chi connectivity index (χ2v) is 12.3. The number of benzene rings is 4. The van der Waals surface area contributed by atoms with Crippen molar-refractivity contribution in [2.24, 2.45) is 4.99 Å². The Labute approximate surface area is 262 Å². The average molecular weight is 626 g/mol. The van der Waals surface area contributed by atoms with Gasteiger partial charge in [0.15, 0.2) is 4.80 Å². The Morgan fingerprint density at radius 2 is 1.79 bits per heavy atom. The van der Waals surface area contributed by atoms with Gasteiger partial charge in [0.2, 0.25) is 0 Å². The van der Waals surface area contributed by atoms with E-state index in [1.807, 2.05) is 71.3 Å². The molecule has 1 aliphatic heterocycles. The maximum atomic E-state index is 14.1. The zero-order valence-electron chi connectivity index (χ0n) is 23.2.